The third-order valence-corrected chi connectivity index (χ3v) is 8.53. The molecule has 0 saturated heterocycles. The number of nitrogens with zero attached hydrogens (tertiary/aromatic N) is 2. The number of carbonyl (C=O) groups excluding carboxylic acids is 2. The summed E-state index contributed by atoms with van der Waals surface area (Å²) in [6, 6.07) is 19.1. The van der Waals surface area contributed by atoms with Crippen molar-refractivity contribution in [2.75, 3.05) is 24.5 Å². The first kappa shape index (κ1) is 31.0. The molecule has 0 heterocycles. The van der Waals surface area contributed by atoms with E-state index in [4.69, 9.17) is 16.3 Å². The molecule has 0 aromatic heterocycles. The van der Waals surface area contributed by atoms with E-state index in [1.165, 1.54) is 24.1 Å². The van der Waals surface area contributed by atoms with E-state index >= 15 is 0 Å². The summed E-state index contributed by atoms with van der Waals surface area (Å²) in [5, 5.41) is 3.41. The average Bonchev–Trinajstić information content (AvgIpc) is 2.95. The predicted octanol–water partition coefficient (Wildman–Crippen LogP) is 5.19. The van der Waals surface area contributed by atoms with Gasteiger partial charge in [0.05, 0.1) is 17.7 Å². The fourth-order valence-electron chi connectivity index (χ4n) is 4.09. The van der Waals surface area contributed by atoms with Crippen molar-refractivity contribution in [3.63, 3.8) is 0 Å². The van der Waals surface area contributed by atoms with Crippen molar-refractivity contribution in [3.05, 3.63) is 88.9 Å². The highest BCUT2D eigenvalue weighted by atomic mass is 35.5. The number of anilines is 1. The second-order valence-corrected chi connectivity index (χ2v) is 11.8. The number of hydrogen-bond acceptors (Lipinski definition) is 5. The SMILES string of the molecule is CCCCNC(=O)C(C)N(Cc1ccc(Cl)cc1)C(=O)CN(c1ccccc1OC)S(=O)(=O)c1ccc(C)cc1. The Morgan fingerprint density at radius 2 is 1.65 bits per heavy atom. The minimum atomic E-state index is -4.19. The molecule has 0 radical (unpaired) electrons. The molecule has 214 valence electrons. The van der Waals surface area contributed by atoms with Crippen molar-refractivity contribution in [2.24, 2.45) is 0 Å². The van der Waals surface area contributed by atoms with Gasteiger partial charge < -0.3 is 15.0 Å². The fraction of sp³-hybridized carbons (Fsp3) is 0.333. The van der Waals surface area contributed by atoms with Crippen LogP contribution in [0.15, 0.2) is 77.7 Å². The van der Waals surface area contributed by atoms with Gasteiger partial charge in [0.15, 0.2) is 0 Å². The number of methoxy groups -OCH3 is 1. The number of rotatable bonds is 13. The van der Waals surface area contributed by atoms with E-state index in [0.717, 1.165) is 28.3 Å². The van der Waals surface area contributed by atoms with Crippen molar-refractivity contribution in [2.45, 2.75) is 51.1 Å². The molecule has 0 aliphatic carbocycles. The molecular weight excluding hydrogens is 550 g/mol. The Labute approximate surface area is 241 Å². The third-order valence-electron chi connectivity index (χ3n) is 6.50. The van der Waals surface area contributed by atoms with E-state index in [0.29, 0.717) is 17.3 Å². The molecule has 0 aliphatic heterocycles. The number of ether oxygens (including phenoxy) is 1. The molecule has 10 heteroatoms. The fourth-order valence-corrected chi connectivity index (χ4v) is 5.64. The molecule has 3 aromatic rings. The molecule has 0 fully saturated rings. The second kappa shape index (κ2) is 14.2. The van der Waals surface area contributed by atoms with Gasteiger partial charge in [-0.05, 0) is 62.2 Å². The van der Waals surface area contributed by atoms with Crippen LogP contribution >= 0.6 is 11.6 Å². The number of benzene rings is 3. The molecule has 40 heavy (non-hydrogen) atoms. The quantitative estimate of drug-likeness (QED) is 0.279. The zero-order valence-electron chi connectivity index (χ0n) is 23.3. The molecule has 0 saturated carbocycles. The molecule has 0 spiro atoms. The number of aryl methyl sites for hydroxylation is 1. The van der Waals surface area contributed by atoms with Gasteiger partial charge >= 0.3 is 0 Å². The summed E-state index contributed by atoms with van der Waals surface area (Å²) >= 11 is 6.05. The smallest absolute Gasteiger partial charge is 0.264 e. The van der Waals surface area contributed by atoms with Crippen molar-refractivity contribution in [1.82, 2.24) is 10.2 Å². The van der Waals surface area contributed by atoms with Gasteiger partial charge in [0.2, 0.25) is 11.8 Å². The van der Waals surface area contributed by atoms with Gasteiger partial charge in [0.25, 0.3) is 10.0 Å². The van der Waals surface area contributed by atoms with E-state index in [9.17, 15) is 18.0 Å². The van der Waals surface area contributed by atoms with Gasteiger partial charge in [-0.25, -0.2) is 8.42 Å². The molecular formula is C30H36ClN3O5S. The van der Waals surface area contributed by atoms with E-state index in [-0.39, 0.29) is 23.0 Å². The van der Waals surface area contributed by atoms with E-state index in [1.54, 1.807) is 67.6 Å². The lowest BCUT2D eigenvalue weighted by atomic mass is 10.1. The Balaban J connectivity index is 2.03. The Kier molecular flexibility index (Phi) is 11.0. The van der Waals surface area contributed by atoms with Crippen LogP contribution in [0.1, 0.15) is 37.8 Å². The summed E-state index contributed by atoms with van der Waals surface area (Å²) in [4.78, 5) is 28.4. The van der Waals surface area contributed by atoms with Crippen LogP contribution in [0.3, 0.4) is 0 Å². The number of unbranched alkanes of at least 4 members (excludes halogenated alkanes) is 1. The van der Waals surface area contributed by atoms with E-state index in [2.05, 4.69) is 5.32 Å². The van der Waals surface area contributed by atoms with Gasteiger partial charge in [-0.15, -0.1) is 0 Å². The maximum atomic E-state index is 14.0. The second-order valence-electron chi connectivity index (χ2n) is 9.47. The number of nitrogens with one attached hydrogen (secondary N) is 1. The third kappa shape index (κ3) is 7.76. The van der Waals surface area contributed by atoms with Crippen LogP contribution in [0, 0.1) is 6.92 Å². The van der Waals surface area contributed by atoms with Crippen molar-refractivity contribution >= 4 is 39.1 Å². The number of hydrogen-bond donors (Lipinski definition) is 1. The normalized spacial score (nSPS) is 11.9. The van der Waals surface area contributed by atoms with Crippen LogP contribution in [0.5, 0.6) is 5.75 Å². The number of sulfonamides is 1. The molecule has 3 aromatic carbocycles. The lowest BCUT2D eigenvalue weighted by Gasteiger charge is -2.32. The van der Waals surface area contributed by atoms with Crippen LogP contribution < -0.4 is 14.4 Å². The lowest BCUT2D eigenvalue weighted by molar-refractivity contribution is -0.139. The van der Waals surface area contributed by atoms with Crippen LogP contribution in [-0.2, 0) is 26.2 Å². The first-order valence-corrected chi connectivity index (χ1v) is 14.9. The molecule has 0 aliphatic rings. The Hall–Kier alpha value is -3.56. The van der Waals surface area contributed by atoms with Crippen molar-refractivity contribution in [1.29, 1.82) is 0 Å². The summed E-state index contributed by atoms with van der Waals surface area (Å²) in [7, 11) is -2.75. The standard InChI is InChI=1S/C30H36ClN3O5S/c1-5-6-19-32-30(36)23(3)33(20-24-13-15-25(31)16-14-24)29(35)21-34(27-9-7-8-10-28(27)39-4)40(37,38)26-17-11-22(2)12-18-26/h7-18,23H,5-6,19-21H2,1-4H3,(H,32,36). The van der Waals surface area contributed by atoms with Gasteiger partial charge in [0.1, 0.15) is 18.3 Å². The minimum absolute atomic E-state index is 0.0337. The van der Waals surface area contributed by atoms with Gasteiger partial charge in [0, 0.05) is 18.1 Å². The monoisotopic (exact) mass is 585 g/mol. The number of para-hydroxylation sites is 2. The highest BCUT2D eigenvalue weighted by molar-refractivity contribution is 7.92. The molecule has 1 unspecified atom stereocenters. The molecule has 1 N–H and O–H groups in total. The summed E-state index contributed by atoms with van der Waals surface area (Å²) in [6.45, 7) is 5.54. The number of carbonyl (C=O) groups is 2. The summed E-state index contributed by atoms with van der Waals surface area (Å²) < 4.78 is 34.4. The lowest BCUT2D eigenvalue weighted by Crippen LogP contribution is -2.51. The molecule has 2 amide bonds. The molecule has 8 nitrogen and oxygen atoms in total. The maximum absolute atomic E-state index is 14.0. The van der Waals surface area contributed by atoms with Crippen LogP contribution in [-0.4, -0.2) is 51.4 Å². The Morgan fingerprint density at radius 3 is 2.27 bits per heavy atom. The van der Waals surface area contributed by atoms with Gasteiger partial charge in [-0.2, -0.15) is 0 Å². The molecule has 1 atom stereocenters. The summed E-state index contributed by atoms with van der Waals surface area (Å²) in [5.41, 5.74) is 1.86. The maximum Gasteiger partial charge on any atom is 0.264 e. The molecule has 3 rings (SSSR count). The number of amides is 2. The zero-order valence-corrected chi connectivity index (χ0v) is 24.8. The van der Waals surface area contributed by atoms with Crippen LogP contribution in [0.2, 0.25) is 5.02 Å². The first-order valence-electron chi connectivity index (χ1n) is 13.1. The highest BCUT2D eigenvalue weighted by Gasteiger charge is 2.33. The first-order chi connectivity index (χ1) is 19.1. The Morgan fingerprint density at radius 1 is 1.00 bits per heavy atom. The van der Waals surface area contributed by atoms with Crippen molar-refractivity contribution < 1.29 is 22.7 Å². The topological polar surface area (TPSA) is 96.0 Å². The van der Waals surface area contributed by atoms with E-state index < -0.39 is 28.5 Å². The van der Waals surface area contributed by atoms with Crippen molar-refractivity contribution in [3.8, 4) is 5.75 Å². The minimum Gasteiger partial charge on any atom is -0.495 e. The van der Waals surface area contributed by atoms with Gasteiger partial charge in [-0.3, -0.25) is 13.9 Å². The van der Waals surface area contributed by atoms with Gasteiger partial charge in [-0.1, -0.05) is 66.9 Å². The molecule has 0 bridgehead atoms. The highest BCUT2D eigenvalue weighted by Crippen LogP contribution is 2.32. The predicted molar refractivity (Wildman–Crippen MR) is 158 cm³/mol. The van der Waals surface area contributed by atoms with E-state index in [1.807, 2.05) is 13.8 Å². The summed E-state index contributed by atoms with van der Waals surface area (Å²) in [5.74, 6) is -0.573. The van der Waals surface area contributed by atoms with Crippen LogP contribution in [0.4, 0.5) is 5.69 Å². The average molecular weight is 586 g/mol. The largest absolute Gasteiger partial charge is 0.495 e. The van der Waals surface area contributed by atoms with Crippen LogP contribution in [0.25, 0.3) is 0 Å². The summed E-state index contributed by atoms with van der Waals surface area (Å²) in [6.07, 6.45) is 1.72. The Bertz CT molecular complexity index is 1400. The number of halogens is 1. The zero-order chi connectivity index (χ0) is 29.3.